The number of nitrogen functional groups attached to an aromatic ring is 1. The molecule has 0 aliphatic carbocycles. The van der Waals surface area contributed by atoms with Gasteiger partial charge in [-0.05, 0) is 31.0 Å². The molecule has 1 aliphatic heterocycles. The molecule has 1 unspecified atom stereocenters. The van der Waals surface area contributed by atoms with E-state index in [1.54, 1.807) is 0 Å². The molecule has 1 aliphatic rings. The van der Waals surface area contributed by atoms with Crippen LogP contribution in [0.2, 0.25) is 0 Å². The summed E-state index contributed by atoms with van der Waals surface area (Å²) in [6.45, 7) is 6.43. The van der Waals surface area contributed by atoms with Gasteiger partial charge in [0.05, 0.1) is 0 Å². The van der Waals surface area contributed by atoms with Gasteiger partial charge in [0, 0.05) is 17.7 Å². The molecular formula is C19H21NO2. The standard InChI is InChI=1S/C19H21NO2/c1-3-4-16-17(20)9-10-18-19(16)22-15(12-21-18)11-14-7-5-13(2)6-8-14/h3,5-10,15H,1,4,11-12,20H2,2H3. The normalized spacial score (nSPS) is 16.3. The molecule has 0 saturated heterocycles. The summed E-state index contributed by atoms with van der Waals surface area (Å²) in [5, 5.41) is 0. The fourth-order valence-corrected chi connectivity index (χ4v) is 2.69. The number of hydrogen-bond acceptors (Lipinski definition) is 3. The van der Waals surface area contributed by atoms with Crippen molar-refractivity contribution in [3.63, 3.8) is 0 Å². The molecular weight excluding hydrogens is 274 g/mol. The lowest BCUT2D eigenvalue weighted by Crippen LogP contribution is -2.31. The van der Waals surface area contributed by atoms with Gasteiger partial charge >= 0.3 is 0 Å². The van der Waals surface area contributed by atoms with Crippen LogP contribution in [0.4, 0.5) is 5.69 Å². The molecule has 1 atom stereocenters. The van der Waals surface area contributed by atoms with Crippen molar-refractivity contribution in [1.82, 2.24) is 0 Å². The van der Waals surface area contributed by atoms with Crippen LogP contribution in [0, 0.1) is 6.92 Å². The van der Waals surface area contributed by atoms with Gasteiger partial charge in [0.1, 0.15) is 12.7 Å². The quantitative estimate of drug-likeness (QED) is 0.691. The topological polar surface area (TPSA) is 44.5 Å². The highest BCUT2D eigenvalue weighted by molar-refractivity contribution is 5.61. The molecule has 2 aromatic carbocycles. The third kappa shape index (κ3) is 2.93. The third-order valence-corrected chi connectivity index (χ3v) is 3.90. The summed E-state index contributed by atoms with van der Waals surface area (Å²) < 4.78 is 12.0. The Balaban J connectivity index is 1.81. The van der Waals surface area contributed by atoms with Gasteiger partial charge in [-0.15, -0.1) is 6.58 Å². The van der Waals surface area contributed by atoms with Gasteiger partial charge in [-0.3, -0.25) is 0 Å². The van der Waals surface area contributed by atoms with Gasteiger partial charge in [0.15, 0.2) is 11.5 Å². The van der Waals surface area contributed by atoms with E-state index in [0.717, 1.165) is 29.2 Å². The number of aryl methyl sites for hydroxylation is 1. The zero-order chi connectivity index (χ0) is 15.5. The lowest BCUT2D eigenvalue weighted by molar-refractivity contribution is 0.0903. The average Bonchev–Trinajstić information content (AvgIpc) is 2.53. The number of rotatable bonds is 4. The van der Waals surface area contributed by atoms with Crippen molar-refractivity contribution in [2.75, 3.05) is 12.3 Å². The summed E-state index contributed by atoms with van der Waals surface area (Å²) in [6, 6.07) is 12.2. The summed E-state index contributed by atoms with van der Waals surface area (Å²) in [7, 11) is 0. The second-order valence-electron chi connectivity index (χ2n) is 5.69. The highest BCUT2D eigenvalue weighted by atomic mass is 16.6. The van der Waals surface area contributed by atoms with Crippen molar-refractivity contribution in [2.45, 2.75) is 25.9 Å². The van der Waals surface area contributed by atoms with E-state index in [1.165, 1.54) is 11.1 Å². The van der Waals surface area contributed by atoms with Crippen LogP contribution in [0.25, 0.3) is 0 Å². The van der Waals surface area contributed by atoms with Gasteiger partial charge < -0.3 is 15.2 Å². The zero-order valence-electron chi connectivity index (χ0n) is 12.8. The van der Waals surface area contributed by atoms with E-state index in [9.17, 15) is 0 Å². The van der Waals surface area contributed by atoms with Crippen LogP contribution >= 0.6 is 0 Å². The lowest BCUT2D eigenvalue weighted by atomic mass is 10.0. The molecule has 0 aromatic heterocycles. The SMILES string of the molecule is C=CCc1c(N)ccc2c1OC(Cc1ccc(C)cc1)CO2. The average molecular weight is 295 g/mol. The first-order chi connectivity index (χ1) is 10.7. The van der Waals surface area contributed by atoms with Crippen molar-refractivity contribution >= 4 is 5.69 Å². The van der Waals surface area contributed by atoms with Crippen molar-refractivity contribution < 1.29 is 9.47 Å². The van der Waals surface area contributed by atoms with Crippen molar-refractivity contribution in [3.8, 4) is 11.5 Å². The number of fused-ring (bicyclic) bond motifs is 1. The van der Waals surface area contributed by atoms with Gasteiger partial charge in [0.25, 0.3) is 0 Å². The molecule has 3 heteroatoms. The predicted molar refractivity (Wildman–Crippen MR) is 89.5 cm³/mol. The number of anilines is 1. The van der Waals surface area contributed by atoms with Gasteiger partial charge in [-0.25, -0.2) is 0 Å². The highest BCUT2D eigenvalue weighted by Crippen LogP contribution is 2.39. The minimum Gasteiger partial charge on any atom is -0.486 e. The zero-order valence-corrected chi connectivity index (χ0v) is 12.8. The van der Waals surface area contributed by atoms with Gasteiger partial charge in [-0.1, -0.05) is 35.9 Å². The summed E-state index contributed by atoms with van der Waals surface area (Å²) in [4.78, 5) is 0. The first-order valence-corrected chi connectivity index (χ1v) is 7.54. The monoisotopic (exact) mass is 295 g/mol. The molecule has 0 amide bonds. The first-order valence-electron chi connectivity index (χ1n) is 7.54. The van der Waals surface area contributed by atoms with E-state index in [2.05, 4.69) is 37.8 Å². The fraction of sp³-hybridized carbons (Fsp3) is 0.263. The Morgan fingerprint density at radius 1 is 1.23 bits per heavy atom. The van der Waals surface area contributed by atoms with Crippen LogP contribution in [0.1, 0.15) is 16.7 Å². The van der Waals surface area contributed by atoms with E-state index in [4.69, 9.17) is 15.2 Å². The molecule has 3 rings (SSSR count). The van der Waals surface area contributed by atoms with Gasteiger partial charge in [0.2, 0.25) is 0 Å². The smallest absolute Gasteiger partial charge is 0.167 e. The van der Waals surface area contributed by atoms with Gasteiger partial charge in [-0.2, -0.15) is 0 Å². The molecule has 2 aromatic rings. The minimum absolute atomic E-state index is 0.000529. The van der Waals surface area contributed by atoms with Crippen LogP contribution in [0.3, 0.4) is 0 Å². The summed E-state index contributed by atoms with van der Waals surface area (Å²) in [6.07, 6.45) is 3.33. The Morgan fingerprint density at radius 2 is 2.00 bits per heavy atom. The van der Waals surface area contributed by atoms with Crippen LogP contribution in [0.15, 0.2) is 49.1 Å². The predicted octanol–water partition coefficient (Wildman–Crippen LogP) is 3.69. The highest BCUT2D eigenvalue weighted by Gasteiger charge is 2.24. The number of benzene rings is 2. The fourth-order valence-electron chi connectivity index (χ4n) is 2.69. The van der Waals surface area contributed by atoms with E-state index in [0.29, 0.717) is 13.0 Å². The van der Waals surface area contributed by atoms with E-state index < -0.39 is 0 Å². The lowest BCUT2D eigenvalue weighted by Gasteiger charge is -2.28. The van der Waals surface area contributed by atoms with Crippen molar-refractivity contribution in [1.29, 1.82) is 0 Å². The number of nitrogens with two attached hydrogens (primary N) is 1. The molecule has 3 nitrogen and oxygen atoms in total. The molecule has 0 spiro atoms. The number of allylic oxidation sites excluding steroid dienone is 1. The molecule has 0 saturated carbocycles. The maximum absolute atomic E-state index is 6.18. The molecule has 22 heavy (non-hydrogen) atoms. The number of hydrogen-bond donors (Lipinski definition) is 1. The van der Waals surface area contributed by atoms with Crippen LogP contribution in [-0.4, -0.2) is 12.7 Å². The van der Waals surface area contributed by atoms with E-state index >= 15 is 0 Å². The Kier molecular flexibility index (Phi) is 4.05. The molecule has 1 heterocycles. The second-order valence-corrected chi connectivity index (χ2v) is 5.69. The molecule has 0 bridgehead atoms. The second kappa shape index (κ2) is 6.14. The van der Waals surface area contributed by atoms with Crippen molar-refractivity contribution in [2.24, 2.45) is 0 Å². The summed E-state index contributed by atoms with van der Waals surface area (Å²) >= 11 is 0. The van der Waals surface area contributed by atoms with E-state index in [1.807, 2.05) is 18.2 Å². The largest absolute Gasteiger partial charge is 0.486 e. The summed E-state index contributed by atoms with van der Waals surface area (Å²) in [5.41, 5.74) is 10.2. The van der Waals surface area contributed by atoms with Crippen LogP contribution in [0.5, 0.6) is 11.5 Å². The maximum atomic E-state index is 6.18. The minimum atomic E-state index is 0.000529. The number of ether oxygens (including phenoxy) is 2. The Hall–Kier alpha value is -2.42. The molecule has 114 valence electrons. The Labute approximate surface area is 131 Å². The Morgan fingerprint density at radius 3 is 2.73 bits per heavy atom. The van der Waals surface area contributed by atoms with E-state index in [-0.39, 0.29) is 6.10 Å². The molecule has 0 radical (unpaired) electrons. The summed E-state index contributed by atoms with van der Waals surface area (Å²) in [5.74, 6) is 1.54. The maximum Gasteiger partial charge on any atom is 0.167 e. The molecule has 0 fully saturated rings. The molecule has 2 N–H and O–H groups in total. The Bertz CT molecular complexity index is 677. The third-order valence-electron chi connectivity index (χ3n) is 3.90. The van der Waals surface area contributed by atoms with Crippen LogP contribution in [-0.2, 0) is 12.8 Å². The van der Waals surface area contributed by atoms with Crippen molar-refractivity contribution in [3.05, 3.63) is 65.7 Å². The van der Waals surface area contributed by atoms with Crippen LogP contribution < -0.4 is 15.2 Å². The first kappa shape index (κ1) is 14.5.